The van der Waals surface area contributed by atoms with Crippen LogP contribution in [0.25, 0.3) is 0 Å². The number of hydrogen-bond acceptors (Lipinski definition) is 3. The first kappa shape index (κ1) is 21.1. The van der Waals surface area contributed by atoms with E-state index in [4.69, 9.17) is 0 Å². The number of carbonyl (C=O) groups is 3. The molecule has 6 nitrogen and oxygen atoms in total. The van der Waals surface area contributed by atoms with Crippen molar-refractivity contribution in [3.05, 3.63) is 29.8 Å². The zero-order valence-electron chi connectivity index (χ0n) is 16.1. The lowest BCUT2D eigenvalue weighted by Gasteiger charge is -2.30. The zero-order chi connectivity index (χ0) is 21.2. The molecule has 9 heteroatoms. The summed E-state index contributed by atoms with van der Waals surface area (Å²) in [5.41, 5.74) is -2.64. The van der Waals surface area contributed by atoms with Gasteiger partial charge in [0.05, 0.1) is 5.69 Å². The minimum absolute atomic E-state index is 0.000629. The van der Waals surface area contributed by atoms with Crippen LogP contribution in [0, 0.1) is 12.8 Å². The maximum absolute atomic E-state index is 13.9. The van der Waals surface area contributed by atoms with Crippen LogP contribution in [0.2, 0.25) is 0 Å². The molecular formula is C20H24F3N3O3. The minimum atomic E-state index is -5.19. The number of carbonyl (C=O) groups excluding carboxylic acids is 3. The van der Waals surface area contributed by atoms with Gasteiger partial charge in [0.2, 0.25) is 5.91 Å². The molecule has 1 aromatic carbocycles. The third-order valence-corrected chi connectivity index (χ3v) is 5.57. The number of halogens is 3. The number of nitrogens with zero attached hydrogens (tertiary/aromatic N) is 1. The van der Waals surface area contributed by atoms with Gasteiger partial charge in [-0.25, -0.2) is 9.69 Å². The summed E-state index contributed by atoms with van der Waals surface area (Å²) in [5, 5.41) is 3.45. The van der Waals surface area contributed by atoms with Gasteiger partial charge in [0.1, 0.15) is 0 Å². The van der Waals surface area contributed by atoms with E-state index in [1.54, 1.807) is 29.7 Å². The van der Waals surface area contributed by atoms with Crippen molar-refractivity contribution >= 4 is 23.5 Å². The Hall–Kier alpha value is -2.58. The molecule has 0 radical (unpaired) electrons. The number of alkyl halides is 3. The van der Waals surface area contributed by atoms with Gasteiger partial charge in [0, 0.05) is 6.42 Å². The van der Waals surface area contributed by atoms with E-state index in [0.29, 0.717) is 17.2 Å². The van der Waals surface area contributed by atoms with Gasteiger partial charge in [-0.15, -0.1) is 0 Å². The first-order chi connectivity index (χ1) is 13.6. The van der Waals surface area contributed by atoms with E-state index in [9.17, 15) is 27.6 Å². The van der Waals surface area contributed by atoms with Crippen LogP contribution in [0.5, 0.6) is 0 Å². The SMILES string of the molecule is Cc1ccc(N2C(=O)NC(NC(=O)CCC3CCCCC3)(C(F)(F)F)C2=O)cc1. The number of benzene rings is 1. The highest BCUT2D eigenvalue weighted by atomic mass is 19.4. The fraction of sp³-hybridized carbons (Fsp3) is 0.550. The maximum Gasteiger partial charge on any atom is 0.440 e. The largest absolute Gasteiger partial charge is 0.440 e. The monoisotopic (exact) mass is 411 g/mol. The fourth-order valence-corrected chi connectivity index (χ4v) is 3.89. The van der Waals surface area contributed by atoms with Crippen LogP contribution in [-0.4, -0.2) is 29.7 Å². The van der Waals surface area contributed by atoms with E-state index >= 15 is 0 Å². The molecule has 158 valence electrons. The summed E-state index contributed by atoms with van der Waals surface area (Å²) < 4.78 is 41.6. The Balaban J connectivity index is 1.78. The normalized spacial score (nSPS) is 23.2. The minimum Gasteiger partial charge on any atom is -0.318 e. The van der Waals surface area contributed by atoms with Crippen LogP contribution >= 0.6 is 0 Å². The van der Waals surface area contributed by atoms with Gasteiger partial charge < -0.3 is 5.32 Å². The predicted octanol–water partition coefficient (Wildman–Crippen LogP) is 3.79. The molecule has 1 saturated heterocycles. The van der Waals surface area contributed by atoms with Crippen molar-refractivity contribution in [2.24, 2.45) is 5.92 Å². The van der Waals surface area contributed by atoms with Gasteiger partial charge >= 0.3 is 12.2 Å². The van der Waals surface area contributed by atoms with E-state index in [2.05, 4.69) is 0 Å². The lowest BCUT2D eigenvalue weighted by atomic mass is 9.86. The predicted molar refractivity (Wildman–Crippen MR) is 99.9 cm³/mol. The number of imide groups is 1. The van der Waals surface area contributed by atoms with Crippen LogP contribution in [0.3, 0.4) is 0 Å². The molecule has 3 rings (SSSR count). The molecule has 0 bridgehead atoms. The highest BCUT2D eigenvalue weighted by molar-refractivity contribution is 6.24. The smallest absolute Gasteiger partial charge is 0.318 e. The number of hydrogen-bond donors (Lipinski definition) is 2. The summed E-state index contributed by atoms with van der Waals surface area (Å²) in [6.07, 6.45) is 0.287. The van der Waals surface area contributed by atoms with Crippen molar-refractivity contribution in [1.82, 2.24) is 10.6 Å². The molecule has 2 aliphatic rings. The van der Waals surface area contributed by atoms with Crippen molar-refractivity contribution in [2.45, 2.75) is 63.7 Å². The molecule has 2 N–H and O–H groups in total. The molecule has 0 aromatic heterocycles. The summed E-state index contributed by atoms with van der Waals surface area (Å²) >= 11 is 0. The Bertz CT molecular complexity index is 788. The molecule has 1 aromatic rings. The first-order valence-electron chi connectivity index (χ1n) is 9.75. The molecule has 1 saturated carbocycles. The molecule has 1 heterocycles. The van der Waals surface area contributed by atoms with Crippen LogP contribution in [0.4, 0.5) is 23.7 Å². The molecule has 1 aliphatic heterocycles. The third-order valence-electron chi connectivity index (χ3n) is 5.57. The Morgan fingerprint density at radius 1 is 1.17 bits per heavy atom. The van der Waals surface area contributed by atoms with E-state index < -0.39 is 29.7 Å². The van der Waals surface area contributed by atoms with Gasteiger partial charge in [-0.05, 0) is 31.4 Å². The summed E-state index contributed by atoms with van der Waals surface area (Å²) in [7, 11) is 0. The molecule has 1 aliphatic carbocycles. The van der Waals surface area contributed by atoms with Gasteiger partial charge in [-0.2, -0.15) is 13.2 Å². The molecule has 4 amide bonds. The topological polar surface area (TPSA) is 78.5 Å². The summed E-state index contributed by atoms with van der Waals surface area (Å²) in [5.74, 6) is -2.17. The van der Waals surface area contributed by atoms with Crippen LogP contribution in [-0.2, 0) is 9.59 Å². The lowest BCUT2D eigenvalue weighted by Crippen LogP contribution is -2.69. The third kappa shape index (κ3) is 4.23. The van der Waals surface area contributed by atoms with Crippen molar-refractivity contribution in [2.75, 3.05) is 4.90 Å². The number of urea groups is 1. The molecule has 2 fully saturated rings. The second-order valence-corrected chi connectivity index (χ2v) is 7.74. The summed E-state index contributed by atoms with van der Waals surface area (Å²) in [6, 6.07) is 4.68. The fourth-order valence-electron chi connectivity index (χ4n) is 3.89. The van der Waals surface area contributed by atoms with Crippen molar-refractivity contribution in [1.29, 1.82) is 0 Å². The van der Waals surface area contributed by atoms with Crippen molar-refractivity contribution < 1.29 is 27.6 Å². The highest BCUT2D eigenvalue weighted by Gasteiger charge is 2.69. The Labute approximate surface area is 166 Å². The molecule has 1 unspecified atom stereocenters. The maximum atomic E-state index is 13.9. The molecule has 0 spiro atoms. The van der Waals surface area contributed by atoms with Crippen LogP contribution in [0.1, 0.15) is 50.5 Å². The number of nitrogens with one attached hydrogen (secondary N) is 2. The average molecular weight is 411 g/mol. The summed E-state index contributed by atoms with van der Waals surface area (Å²) in [6.45, 7) is 1.77. The number of amides is 4. The quantitative estimate of drug-likeness (QED) is 0.724. The Morgan fingerprint density at radius 3 is 2.38 bits per heavy atom. The van der Waals surface area contributed by atoms with E-state index in [-0.39, 0.29) is 12.1 Å². The van der Waals surface area contributed by atoms with Gasteiger partial charge in [-0.1, -0.05) is 49.8 Å². The number of aryl methyl sites for hydroxylation is 1. The molecule has 1 atom stereocenters. The van der Waals surface area contributed by atoms with Gasteiger partial charge in [0.15, 0.2) is 0 Å². The zero-order valence-corrected chi connectivity index (χ0v) is 16.1. The second-order valence-electron chi connectivity index (χ2n) is 7.74. The average Bonchev–Trinajstić information content (AvgIpc) is 2.92. The van der Waals surface area contributed by atoms with Crippen molar-refractivity contribution in [3.8, 4) is 0 Å². The number of anilines is 1. The van der Waals surface area contributed by atoms with E-state index in [1.165, 1.54) is 12.1 Å². The van der Waals surface area contributed by atoms with E-state index in [1.807, 2.05) is 0 Å². The lowest BCUT2D eigenvalue weighted by molar-refractivity contribution is -0.201. The molecule has 29 heavy (non-hydrogen) atoms. The Kier molecular flexibility index (Phi) is 5.86. The van der Waals surface area contributed by atoms with Gasteiger partial charge in [-0.3, -0.25) is 14.9 Å². The summed E-state index contributed by atoms with van der Waals surface area (Å²) in [4.78, 5) is 37.7. The van der Waals surface area contributed by atoms with Crippen LogP contribution in [0.15, 0.2) is 24.3 Å². The molecular weight excluding hydrogens is 387 g/mol. The second kappa shape index (κ2) is 8.04. The van der Waals surface area contributed by atoms with Crippen LogP contribution < -0.4 is 15.5 Å². The van der Waals surface area contributed by atoms with Gasteiger partial charge in [0.25, 0.3) is 11.6 Å². The number of rotatable bonds is 5. The Morgan fingerprint density at radius 2 is 1.79 bits per heavy atom. The van der Waals surface area contributed by atoms with Crippen molar-refractivity contribution in [3.63, 3.8) is 0 Å². The first-order valence-corrected chi connectivity index (χ1v) is 9.75. The standard InChI is InChI=1S/C20H24F3N3O3/c1-13-7-10-15(11-8-13)26-17(28)19(20(21,22)23,25-18(26)29)24-16(27)12-9-14-5-3-2-4-6-14/h7-8,10-11,14H,2-6,9,12H2,1H3,(H,24,27)(H,25,29). The van der Waals surface area contributed by atoms with E-state index in [0.717, 1.165) is 37.7 Å². The highest BCUT2D eigenvalue weighted by Crippen LogP contribution is 2.36.